The summed E-state index contributed by atoms with van der Waals surface area (Å²) in [6.45, 7) is 9.34. The third-order valence-corrected chi connectivity index (χ3v) is 4.06. The summed E-state index contributed by atoms with van der Waals surface area (Å²) >= 11 is 0. The standard InChI is InChI=1S/C15H26N4O/c1-12-10-14(3)19(17-12)11-15(20)16-7-9-18-8-5-4-6-13(18)2/h10,13H,4-9,11H2,1-3H3,(H,16,20)/t13-/m0/s1. The summed E-state index contributed by atoms with van der Waals surface area (Å²) < 4.78 is 1.76. The Bertz CT molecular complexity index is 455. The van der Waals surface area contributed by atoms with Gasteiger partial charge in [0.25, 0.3) is 0 Å². The topological polar surface area (TPSA) is 50.2 Å². The molecular formula is C15H26N4O. The van der Waals surface area contributed by atoms with Crippen molar-refractivity contribution >= 4 is 5.91 Å². The minimum absolute atomic E-state index is 0.0425. The molecule has 1 fully saturated rings. The number of carbonyl (C=O) groups excluding carboxylic acids is 1. The Morgan fingerprint density at radius 3 is 2.90 bits per heavy atom. The largest absolute Gasteiger partial charge is 0.353 e. The number of rotatable bonds is 5. The van der Waals surface area contributed by atoms with E-state index in [9.17, 15) is 4.79 Å². The highest BCUT2D eigenvalue weighted by molar-refractivity contribution is 5.75. The first-order valence-corrected chi connectivity index (χ1v) is 7.58. The Morgan fingerprint density at radius 1 is 1.45 bits per heavy atom. The third-order valence-electron chi connectivity index (χ3n) is 4.06. The number of nitrogens with zero attached hydrogens (tertiary/aromatic N) is 3. The lowest BCUT2D eigenvalue weighted by molar-refractivity contribution is -0.121. The van der Waals surface area contributed by atoms with Gasteiger partial charge in [0, 0.05) is 24.8 Å². The van der Waals surface area contributed by atoms with E-state index in [0.29, 0.717) is 12.6 Å². The molecule has 1 aromatic rings. The maximum absolute atomic E-state index is 11.9. The summed E-state index contributed by atoms with van der Waals surface area (Å²) in [5.41, 5.74) is 1.99. The van der Waals surface area contributed by atoms with E-state index in [1.165, 1.54) is 19.3 Å². The van der Waals surface area contributed by atoms with E-state index in [1.54, 1.807) is 4.68 Å². The number of piperidine rings is 1. The Hall–Kier alpha value is -1.36. The molecule has 5 nitrogen and oxygen atoms in total. The summed E-state index contributed by atoms with van der Waals surface area (Å²) in [5, 5.41) is 7.30. The Kier molecular flexibility index (Phi) is 5.17. The highest BCUT2D eigenvalue weighted by Crippen LogP contribution is 2.15. The number of aromatic nitrogens is 2. The third kappa shape index (κ3) is 4.07. The van der Waals surface area contributed by atoms with Crippen LogP contribution in [-0.4, -0.2) is 46.3 Å². The molecule has 2 rings (SSSR count). The van der Waals surface area contributed by atoms with Crippen LogP contribution in [0.25, 0.3) is 0 Å². The van der Waals surface area contributed by atoms with E-state index in [2.05, 4.69) is 22.2 Å². The van der Waals surface area contributed by atoms with Crippen LogP contribution in [0.1, 0.15) is 37.6 Å². The summed E-state index contributed by atoms with van der Waals surface area (Å²) in [7, 11) is 0. The number of carbonyl (C=O) groups is 1. The second-order valence-electron chi connectivity index (χ2n) is 5.82. The summed E-state index contributed by atoms with van der Waals surface area (Å²) in [5.74, 6) is 0.0425. The molecule has 0 radical (unpaired) electrons. The van der Waals surface area contributed by atoms with E-state index < -0.39 is 0 Å². The molecule has 0 unspecified atom stereocenters. The molecule has 0 spiro atoms. The SMILES string of the molecule is Cc1cc(C)n(CC(=O)NCCN2CCCC[C@@H]2C)n1. The van der Waals surface area contributed by atoms with Gasteiger partial charge >= 0.3 is 0 Å². The smallest absolute Gasteiger partial charge is 0.241 e. The number of amides is 1. The van der Waals surface area contributed by atoms with Gasteiger partial charge in [-0.1, -0.05) is 6.42 Å². The van der Waals surface area contributed by atoms with Crippen LogP contribution >= 0.6 is 0 Å². The zero-order chi connectivity index (χ0) is 14.5. The lowest BCUT2D eigenvalue weighted by atomic mass is 10.0. The number of hydrogen-bond donors (Lipinski definition) is 1. The maximum atomic E-state index is 11.9. The van der Waals surface area contributed by atoms with Crippen molar-refractivity contribution in [3.63, 3.8) is 0 Å². The first kappa shape index (κ1) is 15.0. The molecule has 1 aliphatic rings. The second-order valence-corrected chi connectivity index (χ2v) is 5.82. The molecule has 0 saturated carbocycles. The van der Waals surface area contributed by atoms with Crippen LogP contribution < -0.4 is 5.32 Å². The average Bonchev–Trinajstić information content (AvgIpc) is 2.70. The van der Waals surface area contributed by atoms with Crippen molar-refractivity contribution in [2.24, 2.45) is 0 Å². The molecule has 20 heavy (non-hydrogen) atoms. The highest BCUT2D eigenvalue weighted by atomic mass is 16.2. The minimum Gasteiger partial charge on any atom is -0.353 e. The Balaban J connectivity index is 1.71. The van der Waals surface area contributed by atoms with Crippen molar-refractivity contribution in [1.29, 1.82) is 0 Å². The molecule has 1 saturated heterocycles. The van der Waals surface area contributed by atoms with Crippen LogP contribution in [0.5, 0.6) is 0 Å². The minimum atomic E-state index is 0.0425. The van der Waals surface area contributed by atoms with E-state index >= 15 is 0 Å². The summed E-state index contributed by atoms with van der Waals surface area (Å²) in [6, 6.07) is 2.64. The molecule has 1 amide bonds. The number of hydrogen-bond acceptors (Lipinski definition) is 3. The van der Waals surface area contributed by atoms with Gasteiger partial charge in [-0.25, -0.2) is 0 Å². The zero-order valence-electron chi connectivity index (χ0n) is 12.9. The van der Waals surface area contributed by atoms with E-state index in [-0.39, 0.29) is 5.91 Å². The fourth-order valence-electron chi connectivity index (χ4n) is 2.86. The van der Waals surface area contributed by atoms with Gasteiger partial charge in [0.1, 0.15) is 6.54 Å². The van der Waals surface area contributed by atoms with Crippen LogP contribution in [0, 0.1) is 13.8 Å². The molecule has 0 bridgehead atoms. The Morgan fingerprint density at radius 2 is 2.25 bits per heavy atom. The van der Waals surface area contributed by atoms with E-state index in [1.807, 2.05) is 19.9 Å². The molecule has 1 N–H and O–H groups in total. The van der Waals surface area contributed by atoms with Crippen molar-refractivity contribution in [1.82, 2.24) is 20.0 Å². The van der Waals surface area contributed by atoms with E-state index in [0.717, 1.165) is 31.0 Å². The summed E-state index contributed by atoms with van der Waals surface area (Å²) in [4.78, 5) is 14.4. The molecular weight excluding hydrogens is 252 g/mol. The van der Waals surface area contributed by atoms with Gasteiger partial charge in [-0.3, -0.25) is 14.4 Å². The molecule has 1 aliphatic heterocycles. The van der Waals surface area contributed by atoms with Crippen molar-refractivity contribution in [3.8, 4) is 0 Å². The van der Waals surface area contributed by atoms with E-state index in [4.69, 9.17) is 0 Å². The normalized spacial score (nSPS) is 20.1. The first-order chi connectivity index (χ1) is 9.56. The van der Waals surface area contributed by atoms with Crippen LogP contribution in [0.4, 0.5) is 0 Å². The van der Waals surface area contributed by atoms with Crippen LogP contribution in [-0.2, 0) is 11.3 Å². The first-order valence-electron chi connectivity index (χ1n) is 7.58. The van der Waals surface area contributed by atoms with Gasteiger partial charge in [0.05, 0.1) is 5.69 Å². The number of nitrogens with one attached hydrogen (secondary N) is 1. The molecule has 2 heterocycles. The molecule has 0 aromatic carbocycles. The van der Waals surface area contributed by atoms with Gasteiger partial charge in [-0.05, 0) is 46.2 Å². The molecule has 1 atom stereocenters. The number of aryl methyl sites for hydroxylation is 2. The van der Waals surface area contributed by atoms with Crippen molar-refractivity contribution in [2.45, 2.75) is 52.6 Å². The molecule has 0 aliphatic carbocycles. The predicted molar refractivity (Wildman–Crippen MR) is 79.6 cm³/mol. The van der Waals surface area contributed by atoms with Gasteiger partial charge in [-0.2, -0.15) is 5.10 Å². The highest BCUT2D eigenvalue weighted by Gasteiger charge is 2.17. The lowest BCUT2D eigenvalue weighted by Crippen LogP contribution is -2.43. The van der Waals surface area contributed by atoms with Crippen LogP contribution in [0.2, 0.25) is 0 Å². The monoisotopic (exact) mass is 278 g/mol. The Labute approximate surface area is 121 Å². The van der Waals surface area contributed by atoms with Crippen molar-refractivity contribution < 1.29 is 4.79 Å². The van der Waals surface area contributed by atoms with Crippen LogP contribution in [0.3, 0.4) is 0 Å². The van der Waals surface area contributed by atoms with Gasteiger partial charge in [-0.15, -0.1) is 0 Å². The summed E-state index contributed by atoms with van der Waals surface area (Å²) in [6.07, 6.45) is 3.89. The fourth-order valence-corrected chi connectivity index (χ4v) is 2.86. The average molecular weight is 278 g/mol. The second kappa shape index (κ2) is 6.88. The zero-order valence-corrected chi connectivity index (χ0v) is 12.9. The molecule has 5 heteroatoms. The van der Waals surface area contributed by atoms with Gasteiger partial charge < -0.3 is 5.32 Å². The number of likely N-dealkylation sites (tertiary alicyclic amines) is 1. The molecule has 112 valence electrons. The van der Waals surface area contributed by atoms with Crippen LogP contribution in [0.15, 0.2) is 6.07 Å². The fraction of sp³-hybridized carbons (Fsp3) is 0.733. The van der Waals surface area contributed by atoms with Crippen molar-refractivity contribution in [2.75, 3.05) is 19.6 Å². The quantitative estimate of drug-likeness (QED) is 0.888. The van der Waals surface area contributed by atoms with Crippen molar-refractivity contribution in [3.05, 3.63) is 17.5 Å². The predicted octanol–water partition coefficient (Wildman–Crippen LogP) is 1.49. The lowest BCUT2D eigenvalue weighted by Gasteiger charge is -2.33. The van der Waals surface area contributed by atoms with Gasteiger partial charge in [0.15, 0.2) is 0 Å². The molecule has 1 aromatic heterocycles. The van der Waals surface area contributed by atoms with Gasteiger partial charge in [0.2, 0.25) is 5.91 Å². The maximum Gasteiger partial charge on any atom is 0.241 e.